The molecule has 2 fully saturated rings. The average Bonchev–Trinajstić information content (AvgIpc) is 2.97. The van der Waals surface area contributed by atoms with Crippen molar-refractivity contribution in [2.45, 2.75) is 64.8 Å². The summed E-state index contributed by atoms with van der Waals surface area (Å²) in [4.78, 5) is 14.5. The maximum absolute atomic E-state index is 12.4. The summed E-state index contributed by atoms with van der Waals surface area (Å²) in [7, 11) is 0. The minimum absolute atomic E-state index is 0. The Labute approximate surface area is 130 Å². The fraction of sp³-hybridized carbons (Fsp3) is 0.938. The summed E-state index contributed by atoms with van der Waals surface area (Å²) >= 11 is 0. The van der Waals surface area contributed by atoms with Gasteiger partial charge in [-0.1, -0.05) is 33.1 Å². The number of hydrogen-bond acceptors (Lipinski definition) is 2. The van der Waals surface area contributed by atoms with Gasteiger partial charge >= 0.3 is 0 Å². The molecule has 2 rings (SSSR count). The number of amides is 1. The van der Waals surface area contributed by atoms with Crippen molar-refractivity contribution in [1.82, 2.24) is 4.90 Å². The van der Waals surface area contributed by atoms with Crippen molar-refractivity contribution in [3.8, 4) is 0 Å². The molecule has 1 amide bonds. The molecule has 1 saturated heterocycles. The van der Waals surface area contributed by atoms with Crippen LogP contribution in [0, 0.1) is 17.8 Å². The molecule has 4 atom stereocenters. The lowest BCUT2D eigenvalue weighted by atomic mass is 9.95. The molecule has 118 valence electrons. The summed E-state index contributed by atoms with van der Waals surface area (Å²) in [5, 5.41) is 0. The highest BCUT2D eigenvalue weighted by atomic mass is 35.5. The molecule has 0 aromatic heterocycles. The number of hydrogen-bond donors (Lipinski definition) is 1. The Kier molecular flexibility index (Phi) is 7.32. The number of halogens is 1. The second kappa shape index (κ2) is 8.23. The van der Waals surface area contributed by atoms with Crippen molar-refractivity contribution in [2.75, 3.05) is 13.1 Å². The third-order valence-corrected chi connectivity index (χ3v) is 5.27. The Hall–Kier alpha value is -0.280. The Bertz CT molecular complexity index is 311. The summed E-state index contributed by atoms with van der Waals surface area (Å²) in [6.45, 7) is 6.33. The molecule has 0 aromatic carbocycles. The number of carbonyl (C=O) groups is 1. The number of nitrogens with two attached hydrogens (primary N) is 1. The number of unbranched alkanes of at least 4 members (excludes halogenated alkanes) is 1. The average molecular weight is 303 g/mol. The number of nitrogens with zero attached hydrogens (tertiary/aromatic N) is 1. The van der Waals surface area contributed by atoms with Gasteiger partial charge in [0.1, 0.15) is 0 Å². The normalized spacial score (nSPS) is 29.9. The molecule has 0 aromatic rings. The third kappa shape index (κ3) is 4.11. The molecule has 3 nitrogen and oxygen atoms in total. The summed E-state index contributed by atoms with van der Waals surface area (Å²) < 4.78 is 0. The fourth-order valence-corrected chi connectivity index (χ4v) is 3.83. The van der Waals surface area contributed by atoms with Gasteiger partial charge in [-0.3, -0.25) is 4.79 Å². The van der Waals surface area contributed by atoms with Crippen LogP contribution in [0.2, 0.25) is 0 Å². The van der Waals surface area contributed by atoms with E-state index >= 15 is 0 Å². The first-order valence-corrected chi connectivity index (χ1v) is 8.19. The van der Waals surface area contributed by atoms with E-state index in [1.165, 1.54) is 25.7 Å². The second-order valence-corrected chi connectivity index (χ2v) is 6.58. The molecular formula is C16H31ClN2O. The molecule has 0 spiro atoms. The summed E-state index contributed by atoms with van der Waals surface area (Å²) in [5.41, 5.74) is 6.14. The van der Waals surface area contributed by atoms with Crippen molar-refractivity contribution in [3.63, 3.8) is 0 Å². The van der Waals surface area contributed by atoms with Gasteiger partial charge in [-0.25, -0.2) is 0 Å². The number of carbonyl (C=O) groups excluding carboxylic acids is 1. The summed E-state index contributed by atoms with van der Waals surface area (Å²) in [6, 6.07) is 0.338. The lowest BCUT2D eigenvalue weighted by Crippen LogP contribution is -2.34. The van der Waals surface area contributed by atoms with Gasteiger partial charge in [0, 0.05) is 25.6 Å². The molecule has 1 heterocycles. The van der Waals surface area contributed by atoms with Crippen molar-refractivity contribution in [1.29, 1.82) is 0 Å². The van der Waals surface area contributed by atoms with Crippen LogP contribution in [-0.4, -0.2) is 29.9 Å². The van der Waals surface area contributed by atoms with Crippen LogP contribution in [-0.2, 0) is 4.79 Å². The largest absolute Gasteiger partial charge is 0.342 e. The van der Waals surface area contributed by atoms with E-state index in [0.29, 0.717) is 29.7 Å². The molecule has 20 heavy (non-hydrogen) atoms. The van der Waals surface area contributed by atoms with Crippen molar-refractivity contribution in [3.05, 3.63) is 0 Å². The van der Waals surface area contributed by atoms with Gasteiger partial charge in [0.25, 0.3) is 0 Å². The Balaban J connectivity index is 0.00000200. The van der Waals surface area contributed by atoms with Crippen molar-refractivity contribution in [2.24, 2.45) is 23.5 Å². The highest BCUT2D eigenvalue weighted by Gasteiger charge is 2.42. The Morgan fingerprint density at radius 1 is 1.30 bits per heavy atom. The van der Waals surface area contributed by atoms with Crippen LogP contribution in [0.25, 0.3) is 0 Å². The number of rotatable bonds is 6. The smallest absolute Gasteiger partial charge is 0.222 e. The Morgan fingerprint density at radius 2 is 2.05 bits per heavy atom. The van der Waals surface area contributed by atoms with E-state index in [4.69, 9.17) is 5.73 Å². The standard InChI is InChI=1S/C16H30N2O.ClH/c1-3-5-6-12(4-2)9-16(19)18-10-13-7-8-15(17)14(13)11-18;/h12-15H,3-11,17H2,1-2H3;1H. The SMILES string of the molecule is CCCCC(CC)CC(=O)N1CC2CCC(N)C2C1.Cl. The molecule has 4 unspecified atom stereocenters. The molecule has 2 aliphatic rings. The van der Waals surface area contributed by atoms with Crippen LogP contribution in [0.3, 0.4) is 0 Å². The zero-order valence-corrected chi connectivity index (χ0v) is 13.8. The van der Waals surface area contributed by atoms with Crippen LogP contribution >= 0.6 is 12.4 Å². The van der Waals surface area contributed by atoms with Crippen molar-refractivity contribution < 1.29 is 4.79 Å². The van der Waals surface area contributed by atoms with Crippen molar-refractivity contribution >= 4 is 18.3 Å². The second-order valence-electron chi connectivity index (χ2n) is 6.58. The summed E-state index contributed by atoms with van der Waals surface area (Å²) in [5.74, 6) is 2.24. The molecule has 1 saturated carbocycles. The van der Waals surface area contributed by atoms with E-state index in [-0.39, 0.29) is 12.4 Å². The molecule has 1 aliphatic heterocycles. The van der Waals surface area contributed by atoms with E-state index < -0.39 is 0 Å². The van der Waals surface area contributed by atoms with Gasteiger partial charge in [0.15, 0.2) is 0 Å². The highest BCUT2D eigenvalue weighted by Crippen LogP contribution is 2.37. The van der Waals surface area contributed by atoms with E-state index in [1.807, 2.05) is 0 Å². The number of likely N-dealkylation sites (tertiary alicyclic amines) is 1. The zero-order valence-electron chi connectivity index (χ0n) is 13.0. The van der Waals surface area contributed by atoms with E-state index in [0.717, 1.165) is 32.4 Å². The minimum atomic E-state index is 0. The maximum atomic E-state index is 12.4. The molecule has 0 bridgehead atoms. The monoisotopic (exact) mass is 302 g/mol. The third-order valence-electron chi connectivity index (χ3n) is 5.27. The lowest BCUT2D eigenvalue weighted by molar-refractivity contribution is -0.131. The van der Waals surface area contributed by atoms with E-state index in [2.05, 4.69) is 18.7 Å². The molecule has 4 heteroatoms. The predicted molar refractivity (Wildman–Crippen MR) is 85.9 cm³/mol. The predicted octanol–water partition coefficient (Wildman–Crippen LogP) is 3.21. The first-order valence-electron chi connectivity index (χ1n) is 8.19. The van der Waals surface area contributed by atoms with Crippen LogP contribution in [0.1, 0.15) is 58.8 Å². The number of fused-ring (bicyclic) bond motifs is 1. The minimum Gasteiger partial charge on any atom is -0.342 e. The van der Waals surface area contributed by atoms with E-state index in [1.54, 1.807) is 0 Å². The molecule has 0 radical (unpaired) electrons. The van der Waals surface area contributed by atoms with Gasteiger partial charge in [0.05, 0.1) is 0 Å². The van der Waals surface area contributed by atoms with Crippen LogP contribution < -0.4 is 5.73 Å². The summed E-state index contributed by atoms with van der Waals surface area (Å²) in [6.07, 6.45) is 7.96. The fourth-order valence-electron chi connectivity index (χ4n) is 3.83. The van der Waals surface area contributed by atoms with Gasteiger partial charge < -0.3 is 10.6 Å². The van der Waals surface area contributed by atoms with Gasteiger partial charge in [-0.15, -0.1) is 12.4 Å². The lowest BCUT2D eigenvalue weighted by Gasteiger charge is -2.22. The van der Waals surface area contributed by atoms with Gasteiger partial charge in [-0.2, -0.15) is 0 Å². The van der Waals surface area contributed by atoms with Crippen LogP contribution in [0.5, 0.6) is 0 Å². The quantitative estimate of drug-likeness (QED) is 0.819. The van der Waals surface area contributed by atoms with E-state index in [9.17, 15) is 4.79 Å². The van der Waals surface area contributed by atoms with Crippen LogP contribution in [0.4, 0.5) is 0 Å². The maximum Gasteiger partial charge on any atom is 0.222 e. The molecular weight excluding hydrogens is 272 g/mol. The Morgan fingerprint density at radius 3 is 2.65 bits per heavy atom. The molecule has 2 N–H and O–H groups in total. The zero-order chi connectivity index (χ0) is 13.8. The first kappa shape index (κ1) is 17.8. The van der Waals surface area contributed by atoms with Gasteiger partial charge in [-0.05, 0) is 37.0 Å². The molecule has 1 aliphatic carbocycles. The first-order chi connectivity index (χ1) is 9.15. The topological polar surface area (TPSA) is 46.3 Å². The highest BCUT2D eigenvalue weighted by molar-refractivity contribution is 5.85. The van der Waals surface area contributed by atoms with Crippen LogP contribution in [0.15, 0.2) is 0 Å². The van der Waals surface area contributed by atoms with Gasteiger partial charge in [0.2, 0.25) is 5.91 Å².